The second-order valence-electron chi connectivity index (χ2n) is 5.29. The minimum atomic E-state index is -0.450. The maximum Gasteiger partial charge on any atom is 0.410 e. The Balaban J connectivity index is 1.79. The number of carbonyl (C=O) groups is 2. The molecule has 0 radical (unpaired) electrons. The van der Waals surface area contributed by atoms with Crippen LogP contribution in [-0.2, 0) is 9.53 Å². The number of hydrogen-bond acceptors (Lipinski definition) is 3. The van der Waals surface area contributed by atoms with E-state index in [0.717, 1.165) is 11.0 Å². The van der Waals surface area contributed by atoms with Gasteiger partial charge in [0.25, 0.3) is 5.91 Å². The van der Waals surface area contributed by atoms with Gasteiger partial charge in [0, 0.05) is 0 Å². The van der Waals surface area contributed by atoms with Crippen molar-refractivity contribution in [3.63, 3.8) is 0 Å². The third kappa shape index (κ3) is 5.07. The number of hydrogen-bond donors (Lipinski definition) is 2. The van der Waals surface area contributed by atoms with Crippen LogP contribution in [-0.4, -0.2) is 56.2 Å². The standard InChI is InChI=1S/C15H19ClFN3O3/c1-2-23-15(22)20-7-5-19(6-8-20)10-14(21)18-13-4-3-11(17)9-12(13)16/h3-4,9H,2,5-8,10H2,1H3,(H,18,21)/p+1. The molecule has 0 aliphatic carbocycles. The first-order valence-electron chi connectivity index (χ1n) is 7.49. The monoisotopic (exact) mass is 344 g/mol. The van der Waals surface area contributed by atoms with Crippen molar-refractivity contribution in [1.82, 2.24) is 4.90 Å². The summed E-state index contributed by atoms with van der Waals surface area (Å²) in [5, 5.41) is 2.84. The van der Waals surface area contributed by atoms with Crippen molar-refractivity contribution >= 4 is 29.3 Å². The molecule has 0 saturated carbocycles. The van der Waals surface area contributed by atoms with E-state index in [1.807, 2.05) is 0 Å². The number of benzene rings is 1. The number of amides is 2. The summed E-state index contributed by atoms with van der Waals surface area (Å²) in [6.45, 7) is 4.84. The second kappa shape index (κ2) is 8.12. The molecule has 1 saturated heterocycles. The molecule has 1 aromatic carbocycles. The highest BCUT2D eigenvalue weighted by Gasteiger charge is 2.26. The van der Waals surface area contributed by atoms with Crippen LogP contribution >= 0.6 is 11.6 Å². The van der Waals surface area contributed by atoms with Crippen LogP contribution in [0.4, 0.5) is 14.9 Å². The van der Waals surface area contributed by atoms with Crippen molar-refractivity contribution in [2.45, 2.75) is 6.92 Å². The summed E-state index contributed by atoms with van der Waals surface area (Å²) in [4.78, 5) is 26.4. The fourth-order valence-electron chi connectivity index (χ4n) is 2.41. The molecule has 0 aromatic heterocycles. The molecule has 0 bridgehead atoms. The molecule has 0 spiro atoms. The molecule has 1 aliphatic rings. The maximum absolute atomic E-state index is 13.0. The van der Waals surface area contributed by atoms with Gasteiger partial charge in [-0.3, -0.25) is 9.69 Å². The summed E-state index contributed by atoms with van der Waals surface area (Å²) >= 11 is 5.88. The lowest BCUT2D eigenvalue weighted by Crippen LogP contribution is -3.15. The second-order valence-corrected chi connectivity index (χ2v) is 5.69. The fourth-order valence-corrected chi connectivity index (χ4v) is 2.62. The molecular formula is C15H20ClFN3O3+. The average molecular weight is 345 g/mol. The molecule has 1 aliphatic heterocycles. The molecule has 0 unspecified atom stereocenters. The van der Waals surface area contributed by atoms with Gasteiger partial charge in [-0.05, 0) is 25.1 Å². The average Bonchev–Trinajstić information content (AvgIpc) is 2.51. The van der Waals surface area contributed by atoms with Gasteiger partial charge in [0.1, 0.15) is 5.82 Å². The number of piperazine rings is 1. The third-order valence-corrected chi connectivity index (χ3v) is 3.93. The number of nitrogens with one attached hydrogen (secondary N) is 2. The van der Waals surface area contributed by atoms with Crippen LogP contribution in [0.1, 0.15) is 6.92 Å². The van der Waals surface area contributed by atoms with Crippen molar-refractivity contribution < 1.29 is 23.6 Å². The number of halogens is 2. The van der Waals surface area contributed by atoms with E-state index in [4.69, 9.17) is 16.3 Å². The van der Waals surface area contributed by atoms with Gasteiger partial charge in [-0.1, -0.05) is 11.6 Å². The smallest absolute Gasteiger partial charge is 0.410 e. The largest absolute Gasteiger partial charge is 0.450 e. The molecule has 1 aromatic rings. The normalized spacial score (nSPS) is 15.3. The molecular weight excluding hydrogens is 325 g/mol. The highest BCUT2D eigenvalue weighted by molar-refractivity contribution is 6.33. The number of nitrogens with zero attached hydrogens (tertiary/aromatic N) is 1. The van der Waals surface area contributed by atoms with Crippen molar-refractivity contribution in [3.05, 3.63) is 29.0 Å². The Labute approximate surface area is 139 Å². The van der Waals surface area contributed by atoms with Gasteiger partial charge in [0.2, 0.25) is 0 Å². The lowest BCUT2D eigenvalue weighted by Gasteiger charge is -2.31. The van der Waals surface area contributed by atoms with E-state index in [1.165, 1.54) is 12.1 Å². The van der Waals surface area contributed by atoms with Crippen molar-refractivity contribution in [3.8, 4) is 0 Å². The van der Waals surface area contributed by atoms with E-state index in [9.17, 15) is 14.0 Å². The van der Waals surface area contributed by atoms with E-state index in [2.05, 4.69) is 5.32 Å². The summed E-state index contributed by atoms with van der Waals surface area (Å²) in [6.07, 6.45) is -0.311. The summed E-state index contributed by atoms with van der Waals surface area (Å²) in [5.41, 5.74) is 0.391. The number of rotatable bonds is 4. The number of carbonyl (C=O) groups excluding carboxylic acids is 2. The van der Waals surface area contributed by atoms with Crippen molar-refractivity contribution in [2.24, 2.45) is 0 Å². The number of anilines is 1. The zero-order valence-electron chi connectivity index (χ0n) is 12.9. The fraction of sp³-hybridized carbons (Fsp3) is 0.467. The van der Waals surface area contributed by atoms with Crippen LogP contribution in [0.2, 0.25) is 5.02 Å². The van der Waals surface area contributed by atoms with E-state index in [0.29, 0.717) is 38.5 Å². The highest BCUT2D eigenvalue weighted by Crippen LogP contribution is 2.21. The Morgan fingerprint density at radius 3 is 2.70 bits per heavy atom. The summed E-state index contributed by atoms with van der Waals surface area (Å²) in [5.74, 6) is -0.646. The number of ether oxygens (including phenoxy) is 1. The van der Waals surface area contributed by atoms with Crippen LogP contribution < -0.4 is 10.2 Å². The zero-order chi connectivity index (χ0) is 16.8. The van der Waals surface area contributed by atoms with E-state index in [1.54, 1.807) is 11.8 Å². The van der Waals surface area contributed by atoms with Gasteiger partial charge in [-0.15, -0.1) is 0 Å². The lowest BCUT2D eigenvalue weighted by atomic mass is 10.3. The van der Waals surface area contributed by atoms with Crippen LogP contribution in [0, 0.1) is 5.82 Å². The Bertz CT molecular complexity index is 577. The Kier molecular flexibility index (Phi) is 6.18. The SMILES string of the molecule is CCOC(=O)N1CC[NH+](CC(=O)Nc2ccc(F)cc2Cl)CC1. The molecule has 2 amide bonds. The lowest BCUT2D eigenvalue weighted by molar-refractivity contribution is -0.895. The first kappa shape index (κ1) is 17.5. The summed E-state index contributed by atoms with van der Waals surface area (Å²) < 4.78 is 17.9. The Morgan fingerprint density at radius 1 is 1.39 bits per heavy atom. The van der Waals surface area contributed by atoms with Crippen LogP contribution in [0.3, 0.4) is 0 Å². The van der Waals surface area contributed by atoms with Crippen molar-refractivity contribution in [2.75, 3.05) is 44.6 Å². The quantitative estimate of drug-likeness (QED) is 0.848. The van der Waals surface area contributed by atoms with Crippen molar-refractivity contribution in [1.29, 1.82) is 0 Å². The van der Waals surface area contributed by atoms with E-state index < -0.39 is 5.82 Å². The minimum Gasteiger partial charge on any atom is -0.450 e. The first-order chi connectivity index (χ1) is 11.0. The molecule has 126 valence electrons. The number of quaternary nitrogens is 1. The molecule has 2 N–H and O–H groups in total. The van der Waals surface area contributed by atoms with Gasteiger partial charge >= 0.3 is 6.09 Å². The maximum atomic E-state index is 13.0. The predicted molar refractivity (Wildman–Crippen MR) is 84.2 cm³/mol. The van der Waals surface area contributed by atoms with Crippen LogP contribution in [0.25, 0.3) is 0 Å². The topological polar surface area (TPSA) is 63.1 Å². The van der Waals surface area contributed by atoms with Gasteiger partial charge in [-0.25, -0.2) is 9.18 Å². The predicted octanol–water partition coefficient (Wildman–Crippen LogP) is 0.775. The molecule has 6 nitrogen and oxygen atoms in total. The van der Waals surface area contributed by atoms with Crippen LogP contribution in [0.5, 0.6) is 0 Å². The molecule has 23 heavy (non-hydrogen) atoms. The first-order valence-corrected chi connectivity index (χ1v) is 7.87. The highest BCUT2D eigenvalue weighted by atomic mass is 35.5. The van der Waals surface area contributed by atoms with E-state index >= 15 is 0 Å². The Morgan fingerprint density at radius 2 is 2.09 bits per heavy atom. The molecule has 1 fully saturated rings. The van der Waals surface area contributed by atoms with Gasteiger partial charge in [0.05, 0.1) is 43.5 Å². The molecule has 8 heteroatoms. The minimum absolute atomic E-state index is 0.167. The van der Waals surface area contributed by atoms with E-state index in [-0.39, 0.29) is 23.6 Å². The van der Waals surface area contributed by atoms with Gasteiger partial charge in [0.15, 0.2) is 6.54 Å². The third-order valence-electron chi connectivity index (χ3n) is 3.61. The molecule has 2 rings (SSSR count). The zero-order valence-corrected chi connectivity index (χ0v) is 13.7. The molecule has 0 atom stereocenters. The molecule has 1 heterocycles. The van der Waals surface area contributed by atoms with Gasteiger partial charge < -0.3 is 15.0 Å². The van der Waals surface area contributed by atoms with Gasteiger partial charge in [-0.2, -0.15) is 0 Å². The van der Waals surface area contributed by atoms with Crippen LogP contribution in [0.15, 0.2) is 18.2 Å². The summed E-state index contributed by atoms with van der Waals surface area (Å²) in [7, 11) is 0. The summed E-state index contributed by atoms with van der Waals surface area (Å²) in [6, 6.07) is 3.83. The Hall–Kier alpha value is -1.86.